The zero-order valence-electron chi connectivity index (χ0n) is 6.31. The maximum atomic E-state index is 5.35. The lowest BCUT2D eigenvalue weighted by molar-refractivity contribution is 0.179. The van der Waals surface area contributed by atoms with E-state index >= 15 is 0 Å². The minimum atomic E-state index is 0.236. The molecule has 2 aliphatic heterocycles. The van der Waals surface area contributed by atoms with Gasteiger partial charge in [0.2, 0.25) is 0 Å². The van der Waals surface area contributed by atoms with Crippen molar-refractivity contribution in [2.45, 2.75) is 18.9 Å². The first-order valence-corrected chi connectivity index (χ1v) is 3.83. The lowest BCUT2D eigenvalue weighted by Gasteiger charge is -2.23. The third-order valence-corrected chi connectivity index (χ3v) is 2.63. The van der Waals surface area contributed by atoms with Gasteiger partial charge in [-0.15, -0.1) is 0 Å². The second kappa shape index (κ2) is 2.07. The molecule has 0 bridgehead atoms. The molecular formula is C8H13NO. The first-order chi connectivity index (χ1) is 4.83. The molecule has 1 spiro atoms. The molecule has 10 heavy (non-hydrogen) atoms. The Morgan fingerprint density at radius 3 is 3.10 bits per heavy atom. The van der Waals surface area contributed by atoms with Gasteiger partial charge in [0.1, 0.15) is 0 Å². The fraction of sp³-hybridized carbons (Fsp3) is 0.750. The molecule has 0 aromatic carbocycles. The Morgan fingerprint density at radius 1 is 1.70 bits per heavy atom. The van der Waals surface area contributed by atoms with Gasteiger partial charge in [0, 0.05) is 13.2 Å². The normalized spacial score (nSPS) is 39.1. The zero-order chi connectivity index (χ0) is 7.03. The molecule has 1 fully saturated rings. The fourth-order valence-electron chi connectivity index (χ4n) is 1.75. The number of ether oxygens (including phenoxy) is 1. The van der Waals surface area contributed by atoms with Crippen LogP contribution in [0.5, 0.6) is 0 Å². The first-order valence-electron chi connectivity index (χ1n) is 3.83. The Labute approximate surface area is 61.3 Å². The smallest absolute Gasteiger partial charge is 0.0687 e. The lowest BCUT2D eigenvalue weighted by atomic mass is 9.93. The van der Waals surface area contributed by atoms with E-state index in [2.05, 4.69) is 18.3 Å². The quantitative estimate of drug-likeness (QED) is 0.499. The summed E-state index contributed by atoms with van der Waals surface area (Å²) in [5.74, 6) is 0. The van der Waals surface area contributed by atoms with Gasteiger partial charge in [0.05, 0.1) is 12.1 Å². The standard InChI is InChI=1S/C8H13NO/c1-7-2-4-9-8(7)3-5-10-6-8/h2,9H,3-6H2,1H3/t8-/m1/s1. The summed E-state index contributed by atoms with van der Waals surface area (Å²) in [5.41, 5.74) is 1.70. The van der Waals surface area contributed by atoms with Crippen LogP contribution in [-0.4, -0.2) is 25.3 Å². The van der Waals surface area contributed by atoms with E-state index in [-0.39, 0.29) is 5.54 Å². The average molecular weight is 139 g/mol. The van der Waals surface area contributed by atoms with E-state index < -0.39 is 0 Å². The van der Waals surface area contributed by atoms with Crippen molar-refractivity contribution in [1.82, 2.24) is 5.32 Å². The van der Waals surface area contributed by atoms with E-state index in [1.807, 2.05) is 0 Å². The summed E-state index contributed by atoms with van der Waals surface area (Å²) in [7, 11) is 0. The minimum Gasteiger partial charge on any atom is -0.379 e. The monoisotopic (exact) mass is 139 g/mol. The van der Waals surface area contributed by atoms with Crippen LogP contribution in [0.2, 0.25) is 0 Å². The van der Waals surface area contributed by atoms with Crippen LogP contribution in [0.4, 0.5) is 0 Å². The molecule has 1 saturated heterocycles. The van der Waals surface area contributed by atoms with Gasteiger partial charge in [0.15, 0.2) is 0 Å². The molecule has 2 nitrogen and oxygen atoms in total. The predicted octanol–water partition coefficient (Wildman–Crippen LogP) is 0.695. The molecule has 0 aliphatic carbocycles. The summed E-state index contributed by atoms with van der Waals surface area (Å²) < 4.78 is 5.35. The molecule has 0 radical (unpaired) electrons. The van der Waals surface area contributed by atoms with E-state index in [1.54, 1.807) is 0 Å². The van der Waals surface area contributed by atoms with Gasteiger partial charge in [-0.2, -0.15) is 0 Å². The first kappa shape index (κ1) is 6.38. The summed E-state index contributed by atoms with van der Waals surface area (Å²) in [6, 6.07) is 0. The molecule has 2 heterocycles. The molecule has 0 amide bonds. The minimum absolute atomic E-state index is 0.236. The van der Waals surface area contributed by atoms with Crippen molar-refractivity contribution in [3.05, 3.63) is 11.6 Å². The van der Waals surface area contributed by atoms with Gasteiger partial charge in [0.25, 0.3) is 0 Å². The van der Waals surface area contributed by atoms with Crippen LogP contribution in [0.3, 0.4) is 0 Å². The second-order valence-corrected chi connectivity index (χ2v) is 3.15. The highest BCUT2D eigenvalue weighted by Crippen LogP contribution is 2.29. The summed E-state index contributed by atoms with van der Waals surface area (Å²) in [4.78, 5) is 0. The number of rotatable bonds is 0. The van der Waals surface area contributed by atoms with Crippen LogP contribution in [-0.2, 0) is 4.74 Å². The third kappa shape index (κ3) is 0.724. The third-order valence-electron chi connectivity index (χ3n) is 2.63. The van der Waals surface area contributed by atoms with E-state index in [1.165, 1.54) is 5.57 Å². The number of nitrogens with one attached hydrogen (secondary N) is 1. The average Bonchev–Trinajstić information content (AvgIpc) is 2.48. The highest BCUT2D eigenvalue weighted by molar-refractivity contribution is 5.25. The SMILES string of the molecule is CC1=CCN[C@@]12CCOC2. The predicted molar refractivity (Wildman–Crippen MR) is 39.9 cm³/mol. The van der Waals surface area contributed by atoms with Gasteiger partial charge >= 0.3 is 0 Å². The Balaban J connectivity index is 2.21. The molecular weight excluding hydrogens is 126 g/mol. The van der Waals surface area contributed by atoms with E-state index in [4.69, 9.17) is 4.74 Å². The molecule has 2 aliphatic rings. The highest BCUT2D eigenvalue weighted by atomic mass is 16.5. The van der Waals surface area contributed by atoms with Gasteiger partial charge in [-0.1, -0.05) is 11.6 Å². The molecule has 0 unspecified atom stereocenters. The largest absolute Gasteiger partial charge is 0.379 e. The van der Waals surface area contributed by atoms with Crippen molar-refractivity contribution >= 4 is 0 Å². The van der Waals surface area contributed by atoms with Gasteiger partial charge in [-0.05, 0) is 13.3 Å². The summed E-state index contributed by atoms with van der Waals surface area (Å²) in [6.45, 7) is 5.00. The maximum absolute atomic E-state index is 5.35. The molecule has 56 valence electrons. The van der Waals surface area contributed by atoms with Gasteiger partial charge in [-0.25, -0.2) is 0 Å². The van der Waals surface area contributed by atoms with E-state index in [9.17, 15) is 0 Å². The van der Waals surface area contributed by atoms with Gasteiger partial charge in [-0.3, -0.25) is 0 Å². The van der Waals surface area contributed by atoms with Crippen molar-refractivity contribution in [2.24, 2.45) is 0 Å². The van der Waals surface area contributed by atoms with Crippen molar-refractivity contribution < 1.29 is 4.74 Å². The molecule has 0 aromatic rings. The van der Waals surface area contributed by atoms with E-state index in [0.29, 0.717) is 0 Å². The lowest BCUT2D eigenvalue weighted by Crippen LogP contribution is -2.42. The van der Waals surface area contributed by atoms with Crippen LogP contribution in [0.15, 0.2) is 11.6 Å². The Hall–Kier alpha value is -0.340. The summed E-state index contributed by atoms with van der Waals surface area (Å²) in [6.07, 6.45) is 3.41. The van der Waals surface area contributed by atoms with Crippen LogP contribution >= 0.6 is 0 Å². The molecule has 1 N–H and O–H groups in total. The molecule has 0 saturated carbocycles. The van der Waals surface area contributed by atoms with Crippen molar-refractivity contribution in [1.29, 1.82) is 0 Å². The van der Waals surface area contributed by atoms with Gasteiger partial charge < -0.3 is 10.1 Å². The Morgan fingerprint density at radius 2 is 2.60 bits per heavy atom. The van der Waals surface area contributed by atoms with E-state index in [0.717, 1.165) is 26.2 Å². The zero-order valence-corrected chi connectivity index (χ0v) is 6.31. The Kier molecular flexibility index (Phi) is 1.32. The van der Waals surface area contributed by atoms with Crippen molar-refractivity contribution in [2.75, 3.05) is 19.8 Å². The molecule has 1 atom stereocenters. The van der Waals surface area contributed by atoms with Crippen LogP contribution in [0.1, 0.15) is 13.3 Å². The van der Waals surface area contributed by atoms with Crippen molar-refractivity contribution in [3.8, 4) is 0 Å². The fourth-order valence-corrected chi connectivity index (χ4v) is 1.75. The number of hydrogen-bond donors (Lipinski definition) is 1. The molecule has 0 aromatic heterocycles. The van der Waals surface area contributed by atoms with Crippen LogP contribution in [0.25, 0.3) is 0 Å². The van der Waals surface area contributed by atoms with Crippen molar-refractivity contribution in [3.63, 3.8) is 0 Å². The maximum Gasteiger partial charge on any atom is 0.0687 e. The van der Waals surface area contributed by atoms with Crippen LogP contribution in [0, 0.1) is 0 Å². The summed E-state index contributed by atoms with van der Waals surface area (Å²) >= 11 is 0. The molecule has 2 heteroatoms. The second-order valence-electron chi connectivity index (χ2n) is 3.15. The summed E-state index contributed by atoms with van der Waals surface area (Å²) in [5, 5.41) is 3.46. The highest BCUT2D eigenvalue weighted by Gasteiger charge is 2.38. The van der Waals surface area contributed by atoms with Crippen LogP contribution < -0.4 is 5.32 Å². The number of hydrogen-bond acceptors (Lipinski definition) is 2. The Bertz CT molecular complexity index is 168. The topological polar surface area (TPSA) is 21.3 Å². The molecule has 2 rings (SSSR count).